The number of carbonyl (C=O) groups excluding carboxylic acids is 1. The van der Waals surface area contributed by atoms with E-state index in [2.05, 4.69) is 61.0 Å². The summed E-state index contributed by atoms with van der Waals surface area (Å²) in [7, 11) is 0. The summed E-state index contributed by atoms with van der Waals surface area (Å²) in [5.74, 6) is 1.09. The van der Waals surface area contributed by atoms with Crippen LogP contribution in [0.3, 0.4) is 0 Å². The number of nitrogens with zero attached hydrogens (tertiary/aromatic N) is 2. The molecule has 3 rings (SSSR count). The van der Waals surface area contributed by atoms with E-state index in [1.807, 2.05) is 32.0 Å². The van der Waals surface area contributed by atoms with E-state index < -0.39 is 0 Å². The Kier molecular flexibility index (Phi) is 5.87. The molecule has 3 aromatic rings. The Morgan fingerprint density at radius 2 is 1.75 bits per heavy atom. The lowest BCUT2D eigenvalue weighted by Gasteiger charge is -2.19. The third-order valence-corrected chi connectivity index (χ3v) is 5.07. The highest BCUT2D eigenvalue weighted by atomic mass is 16.1. The van der Waals surface area contributed by atoms with Gasteiger partial charge in [-0.3, -0.25) is 4.79 Å². The first-order valence-electron chi connectivity index (χ1n) is 10.1. The number of hydrogen-bond acceptors (Lipinski definition) is 2. The highest BCUT2D eigenvalue weighted by molar-refractivity contribution is 5.78. The summed E-state index contributed by atoms with van der Waals surface area (Å²) in [5, 5.41) is 3.00. The van der Waals surface area contributed by atoms with Crippen molar-refractivity contribution in [2.45, 2.75) is 53.0 Å². The van der Waals surface area contributed by atoms with Crippen molar-refractivity contribution in [3.63, 3.8) is 0 Å². The van der Waals surface area contributed by atoms with Crippen LogP contribution in [0.5, 0.6) is 0 Å². The summed E-state index contributed by atoms with van der Waals surface area (Å²) in [6, 6.07) is 17.1. The summed E-state index contributed by atoms with van der Waals surface area (Å²) in [6.07, 6.45) is 0.715. The lowest BCUT2D eigenvalue weighted by molar-refractivity contribution is -0.123. The van der Waals surface area contributed by atoms with E-state index in [1.54, 1.807) is 0 Å². The van der Waals surface area contributed by atoms with Gasteiger partial charge < -0.3 is 9.88 Å². The van der Waals surface area contributed by atoms with Gasteiger partial charge in [-0.25, -0.2) is 4.98 Å². The Bertz CT molecular complexity index is 946. The first-order valence-corrected chi connectivity index (χ1v) is 10.1. The van der Waals surface area contributed by atoms with Crippen molar-refractivity contribution in [1.82, 2.24) is 14.9 Å². The molecular weight excluding hydrogens is 346 g/mol. The van der Waals surface area contributed by atoms with E-state index in [-0.39, 0.29) is 17.2 Å². The van der Waals surface area contributed by atoms with E-state index in [9.17, 15) is 4.79 Å². The quantitative estimate of drug-likeness (QED) is 0.677. The van der Waals surface area contributed by atoms with Crippen LogP contribution in [0.25, 0.3) is 11.0 Å². The van der Waals surface area contributed by atoms with Crippen LogP contribution in [0.15, 0.2) is 48.5 Å². The van der Waals surface area contributed by atoms with E-state index in [0.717, 1.165) is 23.4 Å². The third-order valence-electron chi connectivity index (χ3n) is 5.07. The molecule has 1 amide bonds. The molecule has 1 aromatic heterocycles. The maximum absolute atomic E-state index is 11.9. The Labute approximate surface area is 168 Å². The predicted molar refractivity (Wildman–Crippen MR) is 116 cm³/mol. The molecule has 4 nitrogen and oxygen atoms in total. The van der Waals surface area contributed by atoms with Crippen molar-refractivity contribution in [2.75, 3.05) is 6.54 Å². The summed E-state index contributed by atoms with van der Waals surface area (Å²) in [6.45, 7) is 11.9. The third kappa shape index (κ3) is 4.61. The molecule has 0 aliphatic carbocycles. The van der Waals surface area contributed by atoms with Gasteiger partial charge in [0.25, 0.3) is 0 Å². The largest absolute Gasteiger partial charge is 0.355 e. The number of rotatable bonds is 6. The SMILES string of the molecule is CC(C)C(=O)NCCc1nc2ccccc2n1Cc1ccc(C(C)(C)C)cc1. The zero-order chi connectivity index (χ0) is 20.3. The second-order valence-electron chi connectivity index (χ2n) is 8.75. The van der Waals surface area contributed by atoms with E-state index >= 15 is 0 Å². The summed E-state index contributed by atoms with van der Waals surface area (Å²) >= 11 is 0. The number of carbonyl (C=O) groups is 1. The van der Waals surface area contributed by atoms with Gasteiger partial charge in [0.2, 0.25) is 5.91 Å². The molecule has 0 radical (unpaired) electrons. The fraction of sp³-hybridized carbons (Fsp3) is 0.417. The summed E-state index contributed by atoms with van der Waals surface area (Å²) < 4.78 is 2.27. The fourth-order valence-corrected chi connectivity index (χ4v) is 3.29. The van der Waals surface area contributed by atoms with Crippen LogP contribution < -0.4 is 5.32 Å². The van der Waals surface area contributed by atoms with Gasteiger partial charge in [-0.05, 0) is 28.7 Å². The van der Waals surface area contributed by atoms with Crippen LogP contribution in [0.4, 0.5) is 0 Å². The number of benzene rings is 2. The normalized spacial score (nSPS) is 11.9. The van der Waals surface area contributed by atoms with Gasteiger partial charge in [-0.15, -0.1) is 0 Å². The Morgan fingerprint density at radius 3 is 2.39 bits per heavy atom. The fourth-order valence-electron chi connectivity index (χ4n) is 3.29. The van der Waals surface area contributed by atoms with Gasteiger partial charge in [0, 0.05) is 25.4 Å². The minimum atomic E-state index is 0.000137. The zero-order valence-corrected chi connectivity index (χ0v) is 17.6. The number of nitrogens with one attached hydrogen (secondary N) is 1. The van der Waals surface area contributed by atoms with Crippen molar-refractivity contribution < 1.29 is 4.79 Å². The minimum Gasteiger partial charge on any atom is -0.355 e. The monoisotopic (exact) mass is 377 g/mol. The van der Waals surface area contributed by atoms with Crippen molar-refractivity contribution in [2.24, 2.45) is 5.92 Å². The van der Waals surface area contributed by atoms with Crippen LogP contribution >= 0.6 is 0 Å². The van der Waals surface area contributed by atoms with Crippen molar-refractivity contribution >= 4 is 16.9 Å². The lowest BCUT2D eigenvalue weighted by Crippen LogP contribution is -2.30. The van der Waals surface area contributed by atoms with Crippen LogP contribution in [0.2, 0.25) is 0 Å². The molecule has 0 aliphatic rings. The number of fused-ring (bicyclic) bond motifs is 1. The van der Waals surface area contributed by atoms with E-state index in [1.165, 1.54) is 11.1 Å². The minimum absolute atomic E-state index is 0.000137. The lowest BCUT2D eigenvalue weighted by atomic mass is 9.87. The molecule has 0 saturated heterocycles. The maximum Gasteiger partial charge on any atom is 0.222 e. The first kappa shape index (κ1) is 20.1. The molecular formula is C24H31N3O. The molecule has 1 heterocycles. The number of hydrogen-bond donors (Lipinski definition) is 1. The van der Waals surface area contributed by atoms with Crippen LogP contribution in [-0.4, -0.2) is 22.0 Å². The smallest absolute Gasteiger partial charge is 0.222 e. The van der Waals surface area contributed by atoms with Crippen molar-refractivity contribution in [1.29, 1.82) is 0 Å². The average Bonchev–Trinajstić information content (AvgIpc) is 2.99. The zero-order valence-electron chi connectivity index (χ0n) is 17.6. The first-order chi connectivity index (χ1) is 13.3. The highest BCUT2D eigenvalue weighted by Crippen LogP contribution is 2.23. The van der Waals surface area contributed by atoms with E-state index in [0.29, 0.717) is 13.0 Å². The molecule has 4 heteroatoms. The number of imidazole rings is 1. The maximum atomic E-state index is 11.9. The highest BCUT2D eigenvalue weighted by Gasteiger charge is 2.15. The molecule has 0 atom stereocenters. The Hall–Kier alpha value is -2.62. The van der Waals surface area contributed by atoms with Crippen molar-refractivity contribution in [3.8, 4) is 0 Å². The average molecular weight is 378 g/mol. The molecule has 0 aliphatic heterocycles. The van der Waals surface area contributed by atoms with Gasteiger partial charge in [0.05, 0.1) is 11.0 Å². The number of amides is 1. The standard InChI is InChI=1S/C24H31N3O/c1-17(2)23(28)25-15-14-22-26-20-8-6-7-9-21(20)27(22)16-18-10-12-19(13-11-18)24(3,4)5/h6-13,17H,14-16H2,1-5H3,(H,25,28). The Balaban J connectivity index is 1.83. The molecule has 1 N–H and O–H groups in total. The van der Waals surface area contributed by atoms with Gasteiger partial charge in [0.15, 0.2) is 0 Å². The molecule has 148 valence electrons. The molecule has 0 unspecified atom stereocenters. The van der Waals surface area contributed by atoms with Gasteiger partial charge in [0.1, 0.15) is 5.82 Å². The predicted octanol–water partition coefficient (Wildman–Crippen LogP) is 4.70. The second-order valence-corrected chi connectivity index (χ2v) is 8.75. The number of para-hydroxylation sites is 2. The number of aromatic nitrogens is 2. The van der Waals surface area contributed by atoms with Crippen LogP contribution in [-0.2, 0) is 23.2 Å². The van der Waals surface area contributed by atoms with Gasteiger partial charge in [-0.2, -0.15) is 0 Å². The molecule has 0 bridgehead atoms. The van der Waals surface area contributed by atoms with Crippen molar-refractivity contribution in [3.05, 3.63) is 65.5 Å². The summed E-state index contributed by atoms with van der Waals surface area (Å²) in [4.78, 5) is 16.7. The topological polar surface area (TPSA) is 46.9 Å². The molecule has 0 spiro atoms. The Morgan fingerprint density at radius 1 is 1.07 bits per heavy atom. The second kappa shape index (κ2) is 8.17. The molecule has 28 heavy (non-hydrogen) atoms. The summed E-state index contributed by atoms with van der Waals surface area (Å²) in [5.41, 5.74) is 4.87. The van der Waals surface area contributed by atoms with E-state index in [4.69, 9.17) is 4.98 Å². The molecule has 0 fully saturated rings. The van der Waals surface area contributed by atoms with Crippen LogP contribution in [0, 0.1) is 5.92 Å². The molecule has 0 saturated carbocycles. The molecule has 2 aromatic carbocycles. The van der Waals surface area contributed by atoms with Gasteiger partial charge in [-0.1, -0.05) is 71.0 Å². The van der Waals surface area contributed by atoms with Gasteiger partial charge >= 0.3 is 0 Å². The van der Waals surface area contributed by atoms with Crippen LogP contribution in [0.1, 0.15) is 51.6 Å².